The minimum atomic E-state index is -0.415. The zero-order chi connectivity index (χ0) is 19.3. The van der Waals surface area contributed by atoms with Crippen molar-refractivity contribution in [3.63, 3.8) is 0 Å². The van der Waals surface area contributed by atoms with Crippen molar-refractivity contribution in [1.29, 1.82) is 0 Å². The van der Waals surface area contributed by atoms with Crippen molar-refractivity contribution >= 4 is 28.2 Å². The van der Waals surface area contributed by atoms with Crippen molar-refractivity contribution in [2.75, 3.05) is 23.7 Å². The van der Waals surface area contributed by atoms with Crippen LogP contribution in [-0.4, -0.2) is 37.8 Å². The van der Waals surface area contributed by atoms with Gasteiger partial charge in [0.2, 0.25) is 0 Å². The van der Waals surface area contributed by atoms with Gasteiger partial charge in [-0.25, -0.2) is 14.6 Å². The third-order valence-electron chi connectivity index (χ3n) is 4.19. The summed E-state index contributed by atoms with van der Waals surface area (Å²) in [5.74, 6) is 0.706. The summed E-state index contributed by atoms with van der Waals surface area (Å²) in [4.78, 5) is 18.9. The minimum absolute atomic E-state index is 0.0717. The summed E-state index contributed by atoms with van der Waals surface area (Å²) in [7, 11) is 0. The zero-order valence-electron chi connectivity index (χ0n) is 14.8. The molecule has 0 aliphatic carbocycles. The van der Waals surface area contributed by atoms with Crippen LogP contribution in [0.4, 0.5) is 17.2 Å². The van der Waals surface area contributed by atoms with Gasteiger partial charge in [0.1, 0.15) is 12.1 Å². The van der Waals surface area contributed by atoms with Gasteiger partial charge in [0.25, 0.3) is 5.69 Å². The minimum Gasteiger partial charge on any atom is -0.383 e. The number of nitro groups is 1. The maximum atomic E-state index is 10.7. The number of non-ortho nitro benzene ring substituents is 1. The van der Waals surface area contributed by atoms with Crippen LogP contribution in [0.1, 0.15) is 0 Å². The van der Waals surface area contributed by atoms with Crippen molar-refractivity contribution in [2.24, 2.45) is 0 Å². The molecule has 0 fully saturated rings. The third kappa shape index (κ3) is 3.58. The molecule has 0 atom stereocenters. The Labute approximate surface area is 160 Å². The number of para-hydroxylation sites is 1. The Morgan fingerprint density at radius 1 is 0.964 bits per heavy atom. The van der Waals surface area contributed by atoms with Crippen molar-refractivity contribution < 1.29 is 4.92 Å². The lowest BCUT2D eigenvalue weighted by atomic mass is 10.3. The second kappa shape index (κ2) is 7.70. The Morgan fingerprint density at radius 3 is 2.46 bits per heavy atom. The van der Waals surface area contributed by atoms with Gasteiger partial charge in [-0.1, -0.05) is 18.2 Å². The molecular weight excluding hydrogens is 358 g/mol. The predicted octanol–water partition coefficient (Wildman–Crippen LogP) is 3.25. The highest BCUT2D eigenvalue weighted by atomic mass is 16.6. The van der Waals surface area contributed by atoms with Gasteiger partial charge in [0.15, 0.2) is 5.65 Å². The smallest absolute Gasteiger partial charge is 0.269 e. The molecule has 140 valence electrons. The van der Waals surface area contributed by atoms with Crippen molar-refractivity contribution in [2.45, 2.75) is 0 Å². The molecule has 9 nitrogen and oxygen atoms in total. The van der Waals surface area contributed by atoms with Gasteiger partial charge < -0.3 is 10.6 Å². The number of aromatic nitrogens is 4. The highest BCUT2D eigenvalue weighted by Gasteiger charge is 2.10. The molecule has 0 amide bonds. The SMILES string of the molecule is O=[N+]([O-])c1ccc(NCCNc2ncnc3c2cnn3-c2ccccc2)cc1. The van der Waals surface area contributed by atoms with Crippen LogP contribution in [0, 0.1) is 10.1 Å². The van der Waals surface area contributed by atoms with E-state index in [1.165, 1.54) is 18.5 Å². The van der Waals surface area contributed by atoms with E-state index in [1.807, 2.05) is 30.3 Å². The quantitative estimate of drug-likeness (QED) is 0.290. The average molecular weight is 375 g/mol. The molecule has 4 rings (SSSR count). The van der Waals surface area contributed by atoms with Crippen molar-refractivity contribution in [3.8, 4) is 5.69 Å². The molecule has 2 N–H and O–H groups in total. The van der Waals surface area contributed by atoms with E-state index in [0.717, 1.165) is 22.4 Å². The number of nitrogens with zero attached hydrogens (tertiary/aromatic N) is 5. The van der Waals surface area contributed by atoms with Gasteiger partial charge in [-0.05, 0) is 24.3 Å². The maximum Gasteiger partial charge on any atom is 0.269 e. The summed E-state index contributed by atoms with van der Waals surface area (Å²) in [6.07, 6.45) is 3.25. The van der Waals surface area contributed by atoms with Gasteiger partial charge >= 0.3 is 0 Å². The average Bonchev–Trinajstić information content (AvgIpc) is 3.17. The van der Waals surface area contributed by atoms with Crippen LogP contribution in [0.2, 0.25) is 0 Å². The molecule has 0 spiro atoms. The van der Waals surface area contributed by atoms with Crippen LogP contribution in [0.5, 0.6) is 0 Å². The van der Waals surface area contributed by atoms with Crippen LogP contribution in [0.15, 0.2) is 67.1 Å². The third-order valence-corrected chi connectivity index (χ3v) is 4.19. The van der Waals surface area contributed by atoms with E-state index in [4.69, 9.17) is 0 Å². The molecule has 2 aromatic heterocycles. The summed E-state index contributed by atoms with van der Waals surface area (Å²) in [6.45, 7) is 1.23. The van der Waals surface area contributed by atoms with E-state index in [9.17, 15) is 10.1 Å². The monoisotopic (exact) mass is 375 g/mol. The van der Waals surface area contributed by atoms with Gasteiger partial charge in [-0.2, -0.15) is 5.10 Å². The zero-order valence-corrected chi connectivity index (χ0v) is 14.8. The number of hydrogen-bond donors (Lipinski definition) is 2. The largest absolute Gasteiger partial charge is 0.383 e. The van der Waals surface area contributed by atoms with E-state index in [-0.39, 0.29) is 5.69 Å². The highest BCUT2D eigenvalue weighted by Crippen LogP contribution is 2.21. The molecule has 0 unspecified atom stereocenters. The van der Waals surface area contributed by atoms with E-state index in [0.29, 0.717) is 18.9 Å². The lowest BCUT2D eigenvalue weighted by Gasteiger charge is -2.09. The Balaban J connectivity index is 1.41. The fraction of sp³-hybridized carbons (Fsp3) is 0.105. The van der Waals surface area contributed by atoms with E-state index < -0.39 is 4.92 Å². The van der Waals surface area contributed by atoms with Gasteiger partial charge in [-0.15, -0.1) is 0 Å². The molecule has 0 aliphatic heterocycles. The number of nitro benzene ring substituents is 1. The number of anilines is 2. The number of hydrogen-bond acceptors (Lipinski definition) is 7. The molecule has 2 aromatic carbocycles. The normalized spacial score (nSPS) is 10.7. The highest BCUT2D eigenvalue weighted by molar-refractivity contribution is 5.87. The van der Waals surface area contributed by atoms with Crippen LogP contribution in [0.3, 0.4) is 0 Å². The summed E-state index contributed by atoms with van der Waals surface area (Å²) in [6, 6.07) is 16.1. The second-order valence-corrected chi connectivity index (χ2v) is 6.01. The Morgan fingerprint density at radius 2 is 1.71 bits per heavy atom. The van der Waals surface area contributed by atoms with Gasteiger partial charge in [0.05, 0.1) is 22.2 Å². The number of benzene rings is 2. The molecule has 0 aliphatic rings. The van der Waals surface area contributed by atoms with E-state index in [1.54, 1.807) is 23.0 Å². The fourth-order valence-corrected chi connectivity index (χ4v) is 2.83. The Kier molecular flexibility index (Phi) is 4.79. The van der Waals surface area contributed by atoms with Crippen LogP contribution in [-0.2, 0) is 0 Å². The lowest BCUT2D eigenvalue weighted by molar-refractivity contribution is -0.384. The summed E-state index contributed by atoms with van der Waals surface area (Å²) in [5.41, 5.74) is 2.55. The first-order valence-electron chi connectivity index (χ1n) is 8.69. The van der Waals surface area contributed by atoms with Gasteiger partial charge in [-0.3, -0.25) is 10.1 Å². The predicted molar refractivity (Wildman–Crippen MR) is 107 cm³/mol. The van der Waals surface area contributed by atoms with E-state index in [2.05, 4.69) is 25.7 Å². The van der Waals surface area contributed by atoms with Crippen molar-refractivity contribution in [1.82, 2.24) is 19.7 Å². The number of rotatable bonds is 7. The molecule has 28 heavy (non-hydrogen) atoms. The van der Waals surface area contributed by atoms with Gasteiger partial charge in [0, 0.05) is 30.9 Å². The number of nitrogens with one attached hydrogen (secondary N) is 2. The van der Waals surface area contributed by atoms with Crippen LogP contribution < -0.4 is 10.6 Å². The number of fused-ring (bicyclic) bond motifs is 1. The first kappa shape index (κ1) is 17.4. The Bertz CT molecular complexity index is 1090. The van der Waals surface area contributed by atoms with Crippen LogP contribution in [0.25, 0.3) is 16.7 Å². The summed E-state index contributed by atoms with van der Waals surface area (Å²) >= 11 is 0. The molecule has 2 heterocycles. The van der Waals surface area contributed by atoms with E-state index >= 15 is 0 Å². The second-order valence-electron chi connectivity index (χ2n) is 6.01. The standard InChI is InChI=1S/C19H17N7O2/c27-26(28)16-8-6-14(7-9-16)20-10-11-21-18-17-12-24-25(19(17)23-13-22-18)15-4-2-1-3-5-15/h1-9,12-13,20H,10-11H2,(H,21,22,23). The lowest BCUT2D eigenvalue weighted by Crippen LogP contribution is -2.14. The first-order chi connectivity index (χ1) is 13.7. The molecule has 0 bridgehead atoms. The van der Waals surface area contributed by atoms with Crippen LogP contribution >= 0.6 is 0 Å². The molecule has 0 radical (unpaired) electrons. The fourth-order valence-electron chi connectivity index (χ4n) is 2.83. The molecule has 4 aromatic rings. The molecule has 0 saturated carbocycles. The van der Waals surface area contributed by atoms with Crippen molar-refractivity contribution in [3.05, 3.63) is 77.2 Å². The molecule has 9 heteroatoms. The summed E-state index contributed by atoms with van der Waals surface area (Å²) in [5, 5.41) is 22.4. The topological polar surface area (TPSA) is 111 Å². The maximum absolute atomic E-state index is 10.7. The Hall–Kier alpha value is -4.01. The first-order valence-corrected chi connectivity index (χ1v) is 8.69. The molecule has 0 saturated heterocycles. The molecular formula is C19H17N7O2. The summed E-state index contributed by atoms with van der Waals surface area (Å²) < 4.78 is 1.78.